The summed E-state index contributed by atoms with van der Waals surface area (Å²) in [7, 11) is 0. The van der Waals surface area contributed by atoms with Gasteiger partial charge in [0, 0.05) is 5.56 Å². The molecule has 0 spiro atoms. The van der Waals surface area contributed by atoms with E-state index in [9.17, 15) is 14.7 Å². The van der Waals surface area contributed by atoms with Crippen LogP contribution < -0.4 is 4.74 Å². The molecule has 5 nitrogen and oxygen atoms in total. The normalized spacial score (nSPS) is 11.0. The van der Waals surface area contributed by atoms with Crippen molar-refractivity contribution in [3.8, 4) is 5.75 Å². The lowest BCUT2D eigenvalue weighted by molar-refractivity contribution is -0.139. The van der Waals surface area contributed by atoms with Gasteiger partial charge < -0.3 is 14.9 Å². The average molecular weight is 298 g/mol. The monoisotopic (exact) mass is 298 g/mol. The molecule has 2 N–H and O–H groups in total. The second kappa shape index (κ2) is 7.08. The summed E-state index contributed by atoms with van der Waals surface area (Å²) in [5.74, 6) is -1.85. The molecule has 0 fully saturated rings. The fourth-order valence-corrected chi connectivity index (χ4v) is 1.91. The van der Waals surface area contributed by atoms with Crippen molar-refractivity contribution >= 4 is 23.6 Å². The van der Waals surface area contributed by atoms with Gasteiger partial charge in [0.1, 0.15) is 5.75 Å². The van der Waals surface area contributed by atoms with Crippen molar-refractivity contribution in [2.75, 3.05) is 6.61 Å². The number of carbonyl (C=O) groups is 2. The number of carboxylic acids is 2. The minimum absolute atomic E-state index is 0.104. The van der Waals surface area contributed by atoms with Crippen LogP contribution in [0.1, 0.15) is 11.1 Å². The van der Waals surface area contributed by atoms with Gasteiger partial charge in [0.25, 0.3) is 0 Å². The third-order valence-electron chi connectivity index (χ3n) is 2.89. The van der Waals surface area contributed by atoms with Gasteiger partial charge in [-0.2, -0.15) is 0 Å². The molecule has 0 atom stereocenters. The van der Waals surface area contributed by atoms with Crippen LogP contribution in [0.3, 0.4) is 0 Å². The predicted octanol–water partition coefficient (Wildman–Crippen LogP) is 2.78. The predicted molar refractivity (Wildman–Crippen MR) is 81.5 cm³/mol. The van der Waals surface area contributed by atoms with Crippen LogP contribution in [0, 0.1) is 0 Å². The van der Waals surface area contributed by atoms with Crippen molar-refractivity contribution in [3.05, 3.63) is 65.7 Å². The molecule has 0 saturated carbocycles. The first kappa shape index (κ1) is 15.3. The number of para-hydroxylation sites is 1. The van der Waals surface area contributed by atoms with E-state index in [4.69, 9.17) is 9.84 Å². The minimum atomic E-state index is -1.10. The average Bonchev–Trinajstić information content (AvgIpc) is 2.52. The van der Waals surface area contributed by atoms with E-state index in [1.54, 1.807) is 54.6 Å². The highest BCUT2D eigenvalue weighted by Gasteiger charge is 2.12. The van der Waals surface area contributed by atoms with Crippen molar-refractivity contribution in [2.24, 2.45) is 0 Å². The maximum atomic E-state index is 11.5. The highest BCUT2D eigenvalue weighted by Crippen LogP contribution is 2.25. The smallest absolute Gasteiger partial charge is 0.341 e. The highest BCUT2D eigenvalue weighted by molar-refractivity contribution is 6.20. The van der Waals surface area contributed by atoms with Crippen LogP contribution in [0.5, 0.6) is 5.75 Å². The molecular formula is C17H14O5. The summed E-state index contributed by atoms with van der Waals surface area (Å²) in [6.07, 6.45) is 1.47. The molecule has 0 unspecified atom stereocenters. The first-order chi connectivity index (χ1) is 10.6. The standard InChI is InChI=1S/C17H14O5/c18-16(19)11-22-15-9-5-4-8-13(15)10-14(17(20)21)12-6-2-1-3-7-12/h1-10H,11H2,(H,18,19)(H,20,21)/b14-10-. The van der Waals surface area contributed by atoms with Gasteiger partial charge in [-0.25, -0.2) is 9.59 Å². The van der Waals surface area contributed by atoms with Crippen LogP contribution in [0.15, 0.2) is 54.6 Å². The van der Waals surface area contributed by atoms with E-state index >= 15 is 0 Å². The van der Waals surface area contributed by atoms with E-state index < -0.39 is 18.5 Å². The molecule has 0 aliphatic carbocycles. The molecule has 2 aromatic carbocycles. The first-order valence-electron chi connectivity index (χ1n) is 6.52. The van der Waals surface area contributed by atoms with Crippen LogP contribution in [0.4, 0.5) is 0 Å². The summed E-state index contributed by atoms with van der Waals surface area (Å²) in [6.45, 7) is -0.488. The third-order valence-corrected chi connectivity index (χ3v) is 2.89. The lowest BCUT2D eigenvalue weighted by Gasteiger charge is -2.08. The van der Waals surface area contributed by atoms with Crippen LogP contribution in [0.25, 0.3) is 11.6 Å². The topological polar surface area (TPSA) is 83.8 Å². The van der Waals surface area contributed by atoms with E-state index in [-0.39, 0.29) is 5.57 Å². The quantitative estimate of drug-likeness (QED) is 0.633. The van der Waals surface area contributed by atoms with Crippen LogP contribution >= 0.6 is 0 Å². The van der Waals surface area contributed by atoms with E-state index in [1.165, 1.54) is 6.08 Å². The Morgan fingerprint density at radius 1 is 0.955 bits per heavy atom. The lowest BCUT2D eigenvalue weighted by Crippen LogP contribution is -2.10. The summed E-state index contributed by atoms with van der Waals surface area (Å²) in [6, 6.07) is 15.4. The first-order valence-corrected chi connectivity index (χ1v) is 6.52. The van der Waals surface area contributed by atoms with Gasteiger partial charge in [-0.05, 0) is 17.7 Å². The zero-order valence-corrected chi connectivity index (χ0v) is 11.6. The molecule has 5 heteroatoms. The lowest BCUT2D eigenvalue weighted by atomic mass is 10.0. The van der Waals surface area contributed by atoms with Crippen molar-refractivity contribution in [1.82, 2.24) is 0 Å². The molecular weight excluding hydrogens is 284 g/mol. The Kier molecular flexibility index (Phi) is 4.93. The summed E-state index contributed by atoms with van der Waals surface area (Å²) in [5, 5.41) is 18.1. The summed E-state index contributed by atoms with van der Waals surface area (Å²) < 4.78 is 5.18. The summed E-state index contributed by atoms with van der Waals surface area (Å²) in [4.78, 5) is 22.1. The van der Waals surface area contributed by atoms with Crippen LogP contribution in [-0.4, -0.2) is 28.8 Å². The molecule has 0 amide bonds. The molecule has 0 aliphatic rings. The number of hydrogen-bond acceptors (Lipinski definition) is 3. The number of rotatable bonds is 6. The molecule has 0 heterocycles. The number of aliphatic carboxylic acids is 2. The maximum Gasteiger partial charge on any atom is 0.341 e. The molecule has 22 heavy (non-hydrogen) atoms. The van der Waals surface area contributed by atoms with Gasteiger partial charge in [-0.3, -0.25) is 0 Å². The number of hydrogen-bond donors (Lipinski definition) is 2. The molecule has 0 bridgehead atoms. The van der Waals surface area contributed by atoms with E-state index in [0.717, 1.165) is 0 Å². The fourth-order valence-electron chi connectivity index (χ4n) is 1.91. The Balaban J connectivity index is 2.41. The third kappa shape index (κ3) is 3.96. The van der Waals surface area contributed by atoms with Crippen molar-refractivity contribution in [3.63, 3.8) is 0 Å². The SMILES string of the molecule is O=C(O)COc1ccccc1/C=C(\C(=O)O)c1ccccc1. The highest BCUT2D eigenvalue weighted by atomic mass is 16.5. The number of carboxylic acid groups (broad SMARTS) is 2. The van der Waals surface area contributed by atoms with Crippen LogP contribution in [-0.2, 0) is 9.59 Å². The zero-order chi connectivity index (χ0) is 15.9. The van der Waals surface area contributed by atoms with Gasteiger partial charge in [0.2, 0.25) is 0 Å². The number of benzene rings is 2. The van der Waals surface area contributed by atoms with Gasteiger partial charge in [0.05, 0.1) is 5.57 Å². The minimum Gasteiger partial charge on any atom is -0.481 e. The van der Waals surface area contributed by atoms with Crippen molar-refractivity contribution in [1.29, 1.82) is 0 Å². The largest absolute Gasteiger partial charge is 0.481 e. The zero-order valence-electron chi connectivity index (χ0n) is 11.6. The van der Waals surface area contributed by atoms with E-state index in [0.29, 0.717) is 16.9 Å². The van der Waals surface area contributed by atoms with Gasteiger partial charge >= 0.3 is 11.9 Å². The summed E-state index contributed by atoms with van der Waals surface area (Å²) >= 11 is 0. The van der Waals surface area contributed by atoms with Gasteiger partial charge in [-0.15, -0.1) is 0 Å². The Hall–Kier alpha value is -3.08. The number of ether oxygens (including phenoxy) is 1. The molecule has 0 radical (unpaired) electrons. The second-order valence-corrected chi connectivity index (χ2v) is 4.45. The fraction of sp³-hybridized carbons (Fsp3) is 0.0588. The molecule has 2 aromatic rings. The van der Waals surface area contributed by atoms with Crippen molar-refractivity contribution < 1.29 is 24.5 Å². The Morgan fingerprint density at radius 3 is 2.23 bits per heavy atom. The molecule has 0 saturated heterocycles. The molecule has 0 aliphatic heterocycles. The summed E-state index contributed by atoms with van der Waals surface area (Å²) in [5.41, 5.74) is 1.17. The Bertz CT molecular complexity index is 704. The second-order valence-electron chi connectivity index (χ2n) is 4.45. The molecule has 112 valence electrons. The maximum absolute atomic E-state index is 11.5. The molecule has 2 rings (SSSR count). The van der Waals surface area contributed by atoms with E-state index in [2.05, 4.69) is 0 Å². The van der Waals surface area contributed by atoms with Crippen LogP contribution in [0.2, 0.25) is 0 Å². The van der Waals surface area contributed by atoms with Gasteiger partial charge in [-0.1, -0.05) is 48.5 Å². The Morgan fingerprint density at radius 2 is 1.59 bits per heavy atom. The van der Waals surface area contributed by atoms with Crippen molar-refractivity contribution in [2.45, 2.75) is 0 Å². The Labute approximate surface area is 127 Å². The van der Waals surface area contributed by atoms with E-state index in [1.807, 2.05) is 0 Å². The van der Waals surface area contributed by atoms with Gasteiger partial charge in [0.15, 0.2) is 6.61 Å². The molecule has 0 aromatic heterocycles.